The number of halogens is 1. The van der Waals surface area contributed by atoms with Crippen molar-refractivity contribution in [1.82, 2.24) is 4.90 Å². The van der Waals surface area contributed by atoms with Crippen LogP contribution < -0.4 is 5.32 Å². The summed E-state index contributed by atoms with van der Waals surface area (Å²) in [6.07, 6.45) is 1.12. The van der Waals surface area contributed by atoms with Crippen LogP contribution >= 0.6 is 0 Å². The molecule has 3 heteroatoms. The average Bonchev–Trinajstić information content (AvgIpc) is 2.88. The van der Waals surface area contributed by atoms with Gasteiger partial charge in [0.15, 0.2) is 0 Å². The quantitative estimate of drug-likeness (QED) is 0.897. The van der Waals surface area contributed by atoms with Crippen LogP contribution in [0.5, 0.6) is 0 Å². The predicted molar refractivity (Wildman–Crippen MR) is 85.0 cm³/mol. The number of hydrogen-bond donors (Lipinski definition) is 1. The number of benzene rings is 2. The minimum absolute atomic E-state index is 0.158. The molecular weight excluding hydrogens is 263 g/mol. The maximum atomic E-state index is 13.2. The third-order valence-corrected chi connectivity index (χ3v) is 4.14. The van der Waals surface area contributed by atoms with E-state index in [1.165, 1.54) is 17.3 Å². The highest BCUT2D eigenvalue weighted by Gasteiger charge is 2.21. The third kappa shape index (κ3) is 3.42. The Balaban J connectivity index is 1.54. The SMILES string of the molecule is CN(CCC1CNc2ccccc21)Cc1cccc(F)c1. The van der Waals surface area contributed by atoms with E-state index >= 15 is 0 Å². The highest BCUT2D eigenvalue weighted by Crippen LogP contribution is 2.33. The molecule has 3 rings (SSSR count). The van der Waals surface area contributed by atoms with E-state index in [1.807, 2.05) is 6.07 Å². The molecule has 0 bridgehead atoms. The molecule has 1 aliphatic heterocycles. The van der Waals surface area contributed by atoms with Gasteiger partial charge in [-0.05, 0) is 49.3 Å². The summed E-state index contributed by atoms with van der Waals surface area (Å²) in [6, 6.07) is 15.4. The monoisotopic (exact) mass is 284 g/mol. The molecule has 0 saturated heterocycles. The number of nitrogens with one attached hydrogen (secondary N) is 1. The van der Waals surface area contributed by atoms with Crippen molar-refractivity contribution in [3.8, 4) is 0 Å². The molecular formula is C18H21FN2. The first-order chi connectivity index (χ1) is 10.2. The number of nitrogens with zero attached hydrogens (tertiary/aromatic N) is 1. The Morgan fingerprint density at radius 2 is 2.05 bits per heavy atom. The largest absolute Gasteiger partial charge is 0.384 e. The van der Waals surface area contributed by atoms with Gasteiger partial charge in [-0.1, -0.05) is 30.3 Å². The van der Waals surface area contributed by atoms with E-state index in [2.05, 4.69) is 41.5 Å². The molecule has 1 aliphatic rings. The second-order valence-electron chi connectivity index (χ2n) is 5.82. The molecule has 0 radical (unpaired) electrons. The van der Waals surface area contributed by atoms with Crippen LogP contribution in [0.1, 0.15) is 23.5 Å². The van der Waals surface area contributed by atoms with Gasteiger partial charge in [0.25, 0.3) is 0 Å². The summed E-state index contributed by atoms with van der Waals surface area (Å²) in [5, 5.41) is 3.46. The van der Waals surface area contributed by atoms with Crippen LogP contribution in [0.25, 0.3) is 0 Å². The molecule has 2 aromatic carbocycles. The summed E-state index contributed by atoms with van der Waals surface area (Å²) < 4.78 is 13.2. The molecule has 21 heavy (non-hydrogen) atoms. The highest BCUT2D eigenvalue weighted by molar-refractivity contribution is 5.57. The lowest BCUT2D eigenvalue weighted by atomic mass is 9.98. The molecule has 1 heterocycles. The number of rotatable bonds is 5. The van der Waals surface area contributed by atoms with Crippen molar-refractivity contribution < 1.29 is 4.39 Å². The predicted octanol–water partition coefficient (Wildman–Crippen LogP) is 3.86. The summed E-state index contributed by atoms with van der Waals surface area (Å²) in [4.78, 5) is 2.26. The van der Waals surface area contributed by atoms with Crippen LogP contribution in [0.4, 0.5) is 10.1 Å². The van der Waals surface area contributed by atoms with Gasteiger partial charge in [-0.3, -0.25) is 0 Å². The van der Waals surface area contributed by atoms with Crippen molar-refractivity contribution in [3.63, 3.8) is 0 Å². The van der Waals surface area contributed by atoms with Crippen LogP contribution in [-0.4, -0.2) is 25.0 Å². The number of anilines is 1. The first kappa shape index (κ1) is 14.1. The summed E-state index contributed by atoms with van der Waals surface area (Å²) >= 11 is 0. The van der Waals surface area contributed by atoms with Crippen LogP contribution in [0.15, 0.2) is 48.5 Å². The zero-order valence-electron chi connectivity index (χ0n) is 12.3. The Labute approximate surface area is 125 Å². The van der Waals surface area contributed by atoms with Crippen molar-refractivity contribution in [2.24, 2.45) is 0 Å². The fourth-order valence-electron chi connectivity index (χ4n) is 3.02. The van der Waals surface area contributed by atoms with Crippen molar-refractivity contribution in [3.05, 3.63) is 65.5 Å². The van der Waals surface area contributed by atoms with Gasteiger partial charge in [-0.25, -0.2) is 4.39 Å². The van der Waals surface area contributed by atoms with E-state index in [0.717, 1.165) is 31.6 Å². The molecule has 0 saturated carbocycles. The van der Waals surface area contributed by atoms with Gasteiger partial charge >= 0.3 is 0 Å². The lowest BCUT2D eigenvalue weighted by molar-refractivity contribution is 0.313. The molecule has 1 atom stereocenters. The third-order valence-electron chi connectivity index (χ3n) is 4.14. The van der Waals surface area contributed by atoms with Crippen LogP contribution in [-0.2, 0) is 6.54 Å². The Bertz CT molecular complexity index is 612. The molecule has 0 spiro atoms. The average molecular weight is 284 g/mol. The highest BCUT2D eigenvalue weighted by atomic mass is 19.1. The topological polar surface area (TPSA) is 15.3 Å². The minimum Gasteiger partial charge on any atom is -0.384 e. The van der Waals surface area contributed by atoms with Gasteiger partial charge in [0.05, 0.1) is 0 Å². The van der Waals surface area contributed by atoms with Crippen molar-refractivity contribution in [2.75, 3.05) is 25.5 Å². The second-order valence-corrected chi connectivity index (χ2v) is 5.82. The summed E-state index contributed by atoms with van der Waals surface area (Å²) in [5.74, 6) is 0.422. The molecule has 0 aromatic heterocycles. The molecule has 0 aliphatic carbocycles. The van der Waals surface area contributed by atoms with E-state index < -0.39 is 0 Å². The molecule has 1 N–H and O–H groups in total. The van der Waals surface area contributed by atoms with E-state index in [-0.39, 0.29) is 5.82 Å². The van der Waals surface area contributed by atoms with Crippen molar-refractivity contribution in [2.45, 2.75) is 18.9 Å². The second kappa shape index (κ2) is 6.27. The molecule has 1 unspecified atom stereocenters. The zero-order chi connectivity index (χ0) is 14.7. The normalized spacial score (nSPS) is 16.8. The van der Waals surface area contributed by atoms with E-state index in [0.29, 0.717) is 5.92 Å². The number of para-hydroxylation sites is 1. The molecule has 0 fully saturated rings. The minimum atomic E-state index is -0.158. The summed E-state index contributed by atoms with van der Waals surface area (Å²) in [7, 11) is 2.10. The molecule has 2 nitrogen and oxygen atoms in total. The first-order valence-corrected chi connectivity index (χ1v) is 7.48. The molecule has 0 amide bonds. The van der Waals surface area contributed by atoms with E-state index in [4.69, 9.17) is 0 Å². The van der Waals surface area contributed by atoms with Crippen LogP contribution in [0.2, 0.25) is 0 Å². The van der Waals surface area contributed by atoms with Gasteiger partial charge < -0.3 is 10.2 Å². The van der Waals surface area contributed by atoms with Crippen molar-refractivity contribution in [1.29, 1.82) is 0 Å². The first-order valence-electron chi connectivity index (χ1n) is 7.48. The van der Waals surface area contributed by atoms with Gasteiger partial charge in [0.1, 0.15) is 5.82 Å². The van der Waals surface area contributed by atoms with Crippen LogP contribution in [0, 0.1) is 5.82 Å². The van der Waals surface area contributed by atoms with Gasteiger partial charge in [-0.15, -0.1) is 0 Å². The molecule has 110 valence electrons. The number of hydrogen-bond acceptors (Lipinski definition) is 2. The fourth-order valence-corrected chi connectivity index (χ4v) is 3.02. The van der Waals surface area contributed by atoms with Gasteiger partial charge in [-0.2, -0.15) is 0 Å². The summed E-state index contributed by atoms with van der Waals surface area (Å²) in [6.45, 7) is 2.82. The Morgan fingerprint density at radius 1 is 1.19 bits per heavy atom. The number of fused-ring (bicyclic) bond motifs is 1. The Morgan fingerprint density at radius 3 is 2.90 bits per heavy atom. The maximum absolute atomic E-state index is 13.2. The summed E-state index contributed by atoms with van der Waals surface area (Å²) in [5.41, 5.74) is 3.73. The van der Waals surface area contributed by atoms with Gasteiger partial charge in [0.2, 0.25) is 0 Å². The Kier molecular flexibility index (Phi) is 4.20. The smallest absolute Gasteiger partial charge is 0.123 e. The zero-order valence-corrected chi connectivity index (χ0v) is 12.3. The van der Waals surface area contributed by atoms with Crippen molar-refractivity contribution >= 4 is 5.69 Å². The standard InChI is InChI=1S/C18H21FN2/c1-21(13-14-5-4-6-16(19)11-14)10-9-15-12-20-18-8-3-2-7-17(15)18/h2-8,11,15,20H,9-10,12-13H2,1H3. The van der Waals surface area contributed by atoms with E-state index in [9.17, 15) is 4.39 Å². The van der Waals surface area contributed by atoms with E-state index in [1.54, 1.807) is 12.1 Å². The van der Waals surface area contributed by atoms with Gasteiger partial charge in [0, 0.05) is 24.7 Å². The van der Waals surface area contributed by atoms with Crippen LogP contribution in [0.3, 0.4) is 0 Å². The lowest BCUT2D eigenvalue weighted by Gasteiger charge is -2.19. The maximum Gasteiger partial charge on any atom is 0.123 e. The Hall–Kier alpha value is -1.87. The molecule has 2 aromatic rings. The lowest BCUT2D eigenvalue weighted by Crippen LogP contribution is -2.21. The fraction of sp³-hybridized carbons (Fsp3) is 0.333.